The van der Waals surface area contributed by atoms with Crippen molar-refractivity contribution in [1.29, 1.82) is 0 Å². The highest BCUT2D eigenvalue weighted by molar-refractivity contribution is 5.94. The van der Waals surface area contributed by atoms with E-state index in [1.807, 2.05) is 0 Å². The molecule has 0 saturated carbocycles. The average Bonchev–Trinajstić information content (AvgIpc) is 2.28. The lowest BCUT2D eigenvalue weighted by Crippen LogP contribution is -2.33. The van der Waals surface area contributed by atoms with E-state index in [2.05, 4.69) is 5.32 Å². The minimum atomic E-state index is -0.468. The largest absolute Gasteiger partial charge is 0.399 e. The van der Waals surface area contributed by atoms with Gasteiger partial charge in [0.2, 0.25) is 0 Å². The number of carbonyl (C=O) groups excluding carboxylic acids is 1. The minimum Gasteiger partial charge on any atom is -0.399 e. The van der Waals surface area contributed by atoms with Gasteiger partial charge in [0.15, 0.2) is 0 Å². The molecule has 1 saturated heterocycles. The molecule has 17 heavy (non-hydrogen) atoms. The summed E-state index contributed by atoms with van der Waals surface area (Å²) in [6, 6.07) is 3.95. The molecule has 0 radical (unpaired) electrons. The lowest BCUT2D eigenvalue weighted by molar-refractivity contribution is -0.129. The first-order valence-corrected chi connectivity index (χ1v) is 5.64. The summed E-state index contributed by atoms with van der Waals surface area (Å²) in [5, 5.41) is 2.61. The molecule has 1 fully saturated rings. The molecule has 0 spiro atoms. The third-order valence-corrected chi connectivity index (χ3v) is 2.66. The Balaban J connectivity index is 2.01. The number of hydrogen-bond donors (Lipinski definition) is 2. The van der Waals surface area contributed by atoms with Crippen LogP contribution in [0.4, 0.5) is 15.8 Å². The predicted octanol–water partition coefficient (Wildman–Crippen LogP) is 1.92. The van der Waals surface area contributed by atoms with Crippen molar-refractivity contribution < 1.29 is 13.9 Å². The summed E-state index contributed by atoms with van der Waals surface area (Å²) in [6.07, 6.45) is 2.23. The summed E-state index contributed by atoms with van der Waals surface area (Å²) in [7, 11) is 0. The van der Waals surface area contributed by atoms with Gasteiger partial charge in [-0.2, -0.15) is 0 Å². The van der Waals surface area contributed by atoms with Crippen LogP contribution in [-0.2, 0) is 9.53 Å². The highest BCUT2D eigenvalue weighted by atomic mass is 19.1. The molecular formula is C12H15FN2O2. The van der Waals surface area contributed by atoms with Crippen LogP contribution in [0.25, 0.3) is 0 Å². The van der Waals surface area contributed by atoms with E-state index in [4.69, 9.17) is 10.5 Å². The SMILES string of the molecule is Nc1cc(F)cc(NC(=O)C2CCCCO2)c1. The Morgan fingerprint density at radius 2 is 2.24 bits per heavy atom. The zero-order valence-electron chi connectivity index (χ0n) is 9.41. The molecule has 1 aliphatic heterocycles. The van der Waals surface area contributed by atoms with E-state index in [1.165, 1.54) is 18.2 Å². The van der Waals surface area contributed by atoms with Crippen LogP contribution in [0.15, 0.2) is 18.2 Å². The molecule has 92 valence electrons. The second-order valence-corrected chi connectivity index (χ2v) is 4.12. The zero-order chi connectivity index (χ0) is 12.3. The zero-order valence-corrected chi connectivity index (χ0v) is 9.41. The molecule has 4 nitrogen and oxygen atoms in total. The number of carbonyl (C=O) groups is 1. The first-order valence-electron chi connectivity index (χ1n) is 5.64. The summed E-state index contributed by atoms with van der Waals surface area (Å²) in [5.41, 5.74) is 6.14. The Kier molecular flexibility index (Phi) is 3.58. The maximum atomic E-state index is 13.1. The predicted molar refractivity (Wildman–Crippen MR) is 63.0 cm³/mol. The van der Waals surface area contributed by atoms with E-state index in [0.29, 0.717) is 18.7 Å². The Morgan fingerprint density at radius 3 is 2.88 bits per heavy atom. The number of ether oxygens (including phenoxy) is 1. The van der Waals surface area contributed by atoms with E-state index in [1.54, 1.807) is 0 Å². The molecular weight excluding hydrogens is 223 g/mol. The maximum Gasteiger partial charge on any atom is 0.253 e. The second kappa shape index (κ2) is 5.14. The van der Waals surface area contributed by atoms with Gasteiger partial charge in [0.25, 0.3) is 5.91 Å². The number of nitrogens with one attached hydrogen (secondary N) is 1. The second-order valence-electron chi connectivity index (χ2n) is 4.12. The van der Waals surface area contributed by atoms with Gasteiger partial charge in [-0.3, -0.25) is 4.79 Å². The van der Waals surface area contributed by atoms with Crippen LogP contribution >= 0.6 is 0 Å². The molecule has 2 rings (SSSR count). The molecule has 1 heterocycles. The van der Waals surface area contributed by atoms with Crippen molar-refractivity contribution in [2.24, 2.45) is 0 Å². The van der Waals surface area contributed by atoms with Crippen LogP contribution in [0, 0.1) is 5.82 Å². The molecule has 1 unspecified atom stereocenters. The van der Waals surface area contributed by atoms with Crippen LogP contribution in [0.1, 0.15) is 19.3 Å². The van der Waals surface area contributed by atoms with E-state index >= 15 is 0 Å². The quantitative estimate of drug-likeness (QED) is 0.773. The number of hydrogen-bond acceptors (Lipinski definition) is 3. The van der Waals surface area contributed by atoms with Crippen molar-refractivity contribution in [3.05, 3.63) is 24.0 Å². The highest BCUT2D eigenvalue weighted by Gasteiger charge is 2.21. The third kappa shape index (κ3) is 3.17. The number of nitrogen functional groups attached to an aromatic ring is 1. The molecule has 3 N–H and O–H groups in total. The molecule has 5 heteroatoms. The first-order chi connectivity index (χ1) is 8.15. The summed E-state index contributed by atoms with van der Waals surface area (Å²) < 4.78 is 18.4. The molecule has 0 aromatic heterocycles. The van der Waals surface area contributed by atoms with Crippen molar-refractivity contribution in [1.82, 2.24) is 0 Å². The van der Waals surface area contributed by atoms with Crippen LogP contribution < -0.4 is 11.1 Å². The molecule has 1 amide bonds. The molecule has 0 aliphatic carbocycles. The fraction of sp³-hybridized carbons (Fsp3) is 0.417. The molecule has 1 aromatic rings. The fourth-order valence-corrected chi connectivity index (χ4v) is 1.85. The topological polar surface area (TPSA) is 64.3 Å². The summed E-state index contributed by atoms with van der Waals surface area (Å²) in [5.74, 6) is -0.709. The monoisotopic (exact) mass is 238 g/mol. The van der Waals surface area contributed by atoms with Gasteiger partial charge < -0.3 is 15.8 Å². The van der Waals surface area contributed by atoms with Crippen LogP contribution in [0.5, 0.6) is 0 Å². The third-order valence-electron chi connectivity index (χ3n) is 2.66. The smallest absolute Gasteiger partial charge is 0.253 e. The van der Waals surface area contributed by atoms with E-state index < -0.39 is 11.9 Å². The molecule has 0 bridgehead atoms. The summed E-state index contributed by atoms with van der Waals surface area (Å²) in [4.78, 5) is 11.8. The van der Waals surface area contributed by atoms with Crippen LogP contribution in [0.2, 0.25) is 0 Å². The van der Waals surface area contributed by atoms with Crippen LogP contribution in [0.3, 0.4) is 0 Å². The average molecular weight is 238 g/mol. The molecule has 1 aliphatic rings. The van der Waals surface area contributed by atoms with E-state index in [0.717, 1.165) is 12.8 Å². The van der Waals surface area contributed by atoms with Gasteiger partial charge in [-0.1, -0.05) is 0 Å². The first kappa shape index (κ1) is 11.9. The Morgan fingerprint density at radius 1 is 1.41 bits per heavy atom. The van der Waals surface area contributed by atoms with Gasteiger partial charge in [-0.15, -0.1) is 0 Å². The van der Waals surface area contributed by atoms with Gasteiger partial charge >= 0.3 is 0 Å². The highest BCUT2D eigenvalue weighted by Crippen LogP contribution is 2.18. The number of rotatable bonds is 2. The summed E-state index contributed by atoms with van der Waals surface area (Å²) in [6.45, 7) is 0.601. The van der Waals surface area contributed by atoms with Crippen molar-refractivity contribution in [2.75, 3.05) is 17.7 Å². The van der Waals surface area contributed by atoms with Gasteiger partial charge in [-0.25, -0.2) is 4.39 Å². The van der Waals surface area contributed by atoms with Crippen molar-refractivity contribution >= 4 is 17.3 Å². The van der Waals surface area contributed by atoms with Crippen molar-refractivity contribution in [3.63, 3.8) is 0 Å². The van der Waals surface area contributed by atoms with Gasteiger partial charge in [-0.05, 0) is 37.5 Å². The van der Waals surface area contributed by atoms with E-state index in [-0.39, 0.29) is 11.6 Å². The fourth-order valence-electron chi connectivity index (χ4n) is 1.85. The van der Waals surface area contributed by atoms with E-state index in [9.17, 15) is 9.18 Å². The minimum absolute atomic E-state index is 0.241. The number of halogens is 1. The number of anilines is 2. The van der Waals surface area contributed by atoms with Crippen molar-refractivity contribution in [2.45, 2.75) is 25.4 Å². The van der Waals surface area contributed by atoms with Gasteiger partial charge in [0, 0.05) is 18.0 Å². The molecule has 1 atom stereocenters. The maximum absolute atomic E-state index is 13.1. The van der Waals surface area contributed by atoms with Crippen molar-refractivity contribution in [3.8, 4) is 0 Å². The Hall–Kier alpha value is -1.62. The lowest BCUT2D eigenvalue weighted by atomic mass is 10.1. The Labute approximate surface area is 98.9 Å². The van der Waals surface area contributed by atoms with Crippen LogP contribution in [-0.4, -0.2) is 18.6 Å². The standard InChI is InChI=1S/C12H15FN2O2/c13-8-5-9(14)7-10(6-8)15-12(16)11-3-1-2-4-17-11/h5-7,11H,1-4,14H2,(H,15,16). The number of nitrogens with two attached hydrogens (primary N) is 1. The molecule has 1 aromatic carbocycles. The summed E-state index contributed by atoms with van der Waals surface area (Å²) >= 11 is 0. The Bertz CT molecular complexity index is 397. The number of amides is 1. The lowest BCUT2D eigenvalue weighted by Gasteiger charge is -2.21. The number of benzene rings is 1. The van der Waals surface area contributed by atoms with Gasteiger partial charge in [0.1, 0.15) is 11.9 Å². The normalized spacial score (nSPS) is 19.9. The van der Waals surface area contributed by atoms with Gasteiger partial charge in [0.05, 0.1) is 0 Å².